The number of nitrogens with zero attached hydrogens (tertiary/aromatic N) is 2. The second-order valence-corrected chi connectivity index (χ2v) is 4.27. The number of aromatic nitrogens is 2. The van der Waals surface area contributed by atoms with Gasteiger partial charge in [-0.05, 0) is 13.0 Å². The first-order valence-electron chi connectivity index (χ1n) is 5.66. The molecule has 0 N–H and O–H groups in total. The number of methoxy groups -OCH3 is 1. The average Bonchev–Trinajstić information content (AvgIpc) is 2.80. The molecular formula is C12H16N2O4. The summed E-state index contributed by atoms with van der Waals surface area (Å²) in [6.07, 6.45) is 4.51. The van der Waals surface area contributed by atoms with Crippen LogP contribution in [0.1, 0.15) is 11.8 Å². The van der Waals surface area contributed by atoms with Crippen LogP contribution in [0.2, 0.25) is 0 Å². The first-order valence-corrected chi connectivity index (χ1v) is 5.66. The van der Waals surface area contributed by atoms with Gasteiger partial charge in [0.05, 0.1) is 6.61 Å². The van der Waals surface area contributed by atoms with E-state index in [9.17, 15) is 9.59 Å². The first kappa shape index (κ1) is 12.8. The summed E-state index contributed by atoms with van der Waals surface area (Å²) in [6, 6.07) is 0. The molecule has 1 aliphatic heterocycles. The fraction of sp³-hybridized carbons (Fsp3) is 0.500. The molecule has 1 aromatic heterocycles. The monoisotopic (exact) mass is 252 g/mol. The van der Waals surface area contributed by atoms with E-state index in [4.69, 9.17) is 9.47 Å². The van der Waals surface area contributed by atoms with Crippen molar-refractivity contribution in [3.63, 3.8) is 0 Å². The lowest BCUT2D eigenvalue weighted by Crippen LogP contribution is -2.40. The van der Waals surface area contributed by atoms with Crippen molar-refractivity contribution in [2.75, 3.05) is 13.7 Å². The van der Waals surface area contributed by atoms with Gasteiger partial charge in [-0.2, -0.15) is 0 Å². The Bertz CT molecular complexity index is 585. The lowest BCUT2D eigenvalue weighted by molar-refractivity contribution is -0.0207. The third-order valence-corrected chi connectivity index (χ3v) is 2.89. The maximum absolute atomic E-state index is 12.0. The average molecular weight is 252 g/mol. The zero-order valence-corrected chi connectivity index (χ0v) is 10.6. The lowest BCUT2D eigenvalue weighted by atomic mass is 10.3. The van der Waals surface area contributed by atoms with Crippen LogP contribution in [0, 0.1) is 6.92 Å². The molecule has 0 amide bonds. The Morgan fingerprint density at radius 1 is 1.39 bits per heavy atom. The van der Waals surface area contributed by atoms with Gasteiger partial charge >= 0.3 is 5.69 Å². The second kappa shape index (κ2) is 4.91. The van der Waals surface area contributed by atoms with Gasteiger partial charge in [0.15, 0.2) is 6.23 Å². The molecule has 0 saturated heterocycles. The Kier molecular flexibility index (Phi) is 3.49. The summed E-state index contributed by atoms with van der Waals surface area (Å²) in [5.41, 5.74) is -0.172. The van der Waals surface area contributed by atoms with Gasteiger partial charge in [-0.15, -0.1) is 0 Å². The van der Waals surface area contributed by atoms with Crippen molar-refractivity contribution in [1.82, 2.24) is 9.13 Å². The van der Waals surface area contributed by atoms with Gasteiger partial charge < -0.3 is 9.47 Å². The Hall–Kier alpha value is -1.66. The fourth-order valence-electron chi connectivity index (χ4n) is 1.93. The van der Waals surface area contributed by atoms with Gasteiger partial charge in [0.1, 0.15) is 6.10 Å². The maximum atomic E-state index is 12.0. The smallest absolute Gasteiger partial charge is 0.333 e. The zero-order valence-electron chi connectivity index (χ0n) is 10.6. The van der Waals surface area contributed by atoms with Crippen LogP contribution in [0.15, 0.2) is 27.9 Å². The van der Waals surface area contributed by atoms with Crippen LogP contribution in [-0.2, 0) is 16.5 Å². The Morgan fingerprint density at radius 3 is 2.78 bits per heavy atom. The molecule has 6 heteroatoms. The molecular weight excluding hydrogens is 236 g/mol. The van der Waals surface area contributed by atoms with E-state index in [0.717, 1.165) is 4.57 Å². The normalized spacial score (nSPS) is 22.6. The molecule has 0 unspecified atom stereocenters. The minimum absolute atomic E-state index is 0.163. The molecule has 2 rings (SSSR count). The van der Waals surface area contributed by atoms with Gasteiger partial charge in [0, 0.05) is 25.9 Å². The van der Waals surface area contributed by atoms with E-state index in [0.29, 0.717) is 12.2 Å². The van der Waals surface area contributed by atoms with E-state index < -0.39 is 11.9 Å². The molecule has 0 saturated carbocycles. The maximum Gasteiger partial charge on any atom is 0.333 e. The number of ether oxygens (including phenoxy) is 2. The van der Waals surface area contributed by atoms with Gasteiger partial charge in [0.25, 0.3) is 5.56 Å². The van der Waals surface area contributed by atoms with Gasteiger partial charge in [-0.3, -0.25) is 13.9 Å². The van der Waals surface area contributed by atoms with Gasteiger partial charge in [-0.1, -0.05) is 6.08 Å². The SMILES string of the molecule is COC[C@@H]1C=C[C@H](n2cc(C)c(=O)n(C)c2=O)O1. The molecule has 6 nitrogen and oxygen atoms in total. The minimum atomic E-state index is -0.483. The largest absolute Gasteiger partial charge is 0.382 e. The van der Waals surface area contributed by atoms with Crippen LogP contribution in [-0.4, -0.2) is 29.0 Å². The molecule has 18 heavy (non-hydrogen) atoms. The summed E-state index contributed by atoms with van der Waals surface area (Å²) in [6.45, 7) is 2.11. The second-order valence-electron chi connectivity index (χ2n) is 4.27. The molecule has 2 heterocycles. The Morgan fingerprint density at radius 2 is 2.11 bits per heavy atom. The molecule has 0 bridgehead atoms. The van der Waals surface area contributed by atoms with Crippen molar-refractivity contribution in [1.29, 1.82) is 0 Å². The van der Waals surface area contributed by atoms with Crippen molar-refractivity contribution < 1.29 is 9.47 Å². The molecule has 0 spiro atoms. The predicted octanol–water partition coefficient (Wildman–Crippen LogP) is -0.0446. The quantitative estimate of drug-likeness (QED) is 0.708. The van der Waals surface area contributed by atoms with E-state index in [1.807, 2.05) is 6.08 Å². The van der Waals surface area contributed by atoms with Crippen molar-refractivity contribution in [3.8, 4) is 0 Å². The highest BCUT2D eigenvalue weighted by Gasteiger charge is 2.22. The molecule has 0 aliphatic carbocycles. The highest BCUT2D eigenvalue weighted by molar-refractivity contribution is 5.07. The van der Waals surface area contributed by atoms with E-state index in [-0.39, 0.29) is 11.7 Å². The van der Waals surface area contributed by atoms with E-state index in [1.54, 1.807) is 20.1 Å². The van der Waals surface area contributed by atoms with E-state index in [2.05, 4.69) is 0 Å². The molecule has 0 aromatic carbocycles. The Balaban J connectivity index is 2.35. The third-order valence-electron chi connectivity index (χ3n) is 2.89. The van der Waals surface area contributed by atoms with Crippen LogP contribution in [0.5, 0.6) is 0 Å². The standard InChI is InChI=1S/C12H16N2O4/c1-8-6-14(12(16)13(2)11(8)15)10-5-4-9(18-10)7-17-3/h4-6,9-10H,7H2,1-3H3/t9-,10+/m0/s1. The predicted molar refractivity (Wildman–Crippen MR) is 65.6 cm³/mol. The highest BCUT2D eigenvalue weighted by atomic mass is 16.5. The lowest BCUT2D eigenvalue weighted by Gasteiger charge is -2.17. The summed E-state index contributed by atoms with van der Waals surface area (Å²) in [4.78, 5) is 23.6. The fourth-order valence-corrected chi connectivity index (χ4v) is 1.93. The summed E-state index contributed by atoms with van der Waals surface area (Å²) >= 11 is 0. The highest BCUT2D eigenvalue weighted by Crippen LogP contribution is 2.19. The van der Waals surface area contributed by atoms with Crippen LogP contribution in [0.25, 0.3) is 0 Å². The van der Waals surface area contributed by atoms with Crippen molar-refractivity contribution >= 4 is 0 Å². The van der Waals surface area contributed by atoms with Gasteiger partial charge in [-0.25, -0.2) is 4.79 Å². The number of hydrogen-bond acceptors (Lipinski definition) is 4. The summed E-state index contributed by atoms with van der Waals surface area (Å²) in [5.74, 6) is 0. The Labute approximate surface area is 104 Å². The summed E-state index contributed by atoms with van der Waals surface area (Å²) in [5, 5.41) is 0. The van der Waals surface area contributed by atoms with Crippen molar-refractivity contribution in [2.24, 2.45) is 7.05 Å². The van der Waals surface area contributed by atoms with Crippen LogP contribution < -0.4 is 11.2 Å². The van der Waals surface area contributed by atoms with Crippen LogP contribution in [0.3, 0.4) is 0 Å². The van der Waals surface area contributed by atoms with Gasteiger partial charge in [0.2, 0.25) is 0 Å². The number of hydrogen-bond donors (Lipinski definition) is 0. The van der Waals surface area contributed by atoms with E-state index >= 15 is 0 Å². The molecule has 1 aliphatic rings. The molecule has 0 radical (unpaired) electrons. The number of aryl methyl sites for hydroxylation is 1. The minimum Gasteiger partial charge on any atom is -0.382 e. The molecule has 1 aromatic rings. The van der Waals surface area contributed by atoms with Crippen molar-refractivity contribution in [3.05, 3.63) is 44.8 Å². The zero-order chi connectivity index (χ0) is 13.3. The third kappa shape index (κ3) is 2.16. The summed E-state index contributed by atoms with van der Waals surface area (Å²) < 4.78 is 13.1. The number of rotatable bonds is 3. The van der Waals surface area contributed by atoms with E-state index in [1.165, 1.54) is 17.8 Å². The first-order chi connectivity index (χ1) is 8.54. The van der Waals surface area contributed by atoms with Crippen molar-refractivity contribution in [2.45, 2.75) is 19.3 Å². The summed E-state index contributed by atoms with van der Waals surface area (Å²) in [7, 11) is 3.05. The topological polar surface area (TPSA) is 62.5 Å². The van der Waals surface area contributed by atoms with Crippen LogP contribution >= 0.6 is 0 Å². The molecule has 98 valence electrons. The molecule has 2 atom stereocenters. The molecule has 0 fully saturated rings. The van der Waals surface area contributed by atoms with Crippen LogP contribution in [0.4, 0.5) is 0 Å².